The molecule has 3 nitrogen and oxygen atoms in total. The van der Waals surface area contributed by atoms with Crippen LogP contribution in [0.2, 0.25) is 0 Å². The van der Waals surface area contributed by atoms with E-state index in [2.05, 4.69) is 0 Å². The minimum atomic E-state index is -0.374. The van der Waals surface area contributed by atoms with Gasteiger partial charge in [0.1, 0.15) is 0 Å². The van der Waals surface area contributed by atoms with Crippen LogP contribution in [0, 0.1) is 12.3 Å². The molecule has 0 bridgehead atoms. The number of aryl methyl sites for hydroxylation is 1. The first kappa shape index (κ1) is 11.5. The van der Waals surface area contributed by atoms with Crippen LogP contribution in [0.5, 0.6) is 0 Å². The summed E-state index contributed by atoms with van der Waals surface area (Å²) >= 11 is 0. The molecule has 3 heteroatoms. The third-order valence-corrected chi connectivity index (χ3v) is 4.22. The van der Waals surface area contributed by atoms with Gasteiger partial charge in [-0.1, -0.05) is 25.0 Å². The zero-order chi connectivity index (χ0) is 12.8. The molecule has 1 aromatic rings. The molecule has 1 aliphatic carbocycles. The number of anilines is 1. The maximum absolute atomic E-state index is 12.6. The Labute approximate surface area is 107 Å². The summed E-state index contributed by atoms with van der Waals surface area (Å²) in [5, 5.41) is 0. The van der Waals surface area contributed by atoms with Crippen molar-refractivity contribution in [3.8, 4) is 0 Å². The van der Waals surface area contributed by atoms with Crippen LogP contribution in [-0.4, -0.2) is 11.8 Å². The van der Waals surface area contributed by atoms with Gasteiger partial charge in [0.05, 0.1) is 11.1 Å². The van der Waals surface area contributed by atoms with E-state index in [-0.39, 0.29) is 17.2 Å². The average molecular weight is 243 g/mol. The smallest absolute Gasteiger partial charge is 0.240 e. The van der Waals surface area contributed by atoms with Gasteiger partial charge in [-0.05, 0) is 37.5 Å². The van der Waals surface area contributed by atoms with E-state index >= 15 is 0 Å². The summed E-state index contributed by atoms with van der Waals surface area (Å²) in [5.74, 6) is -0.0110. The lowest BCUT2D eigenvalue weighted by molar-refractivity contribution is -0.125. The molecule has 0 aromatic heterocycles. The highest BCUT2D eigenvalue weighted by atomic mass is 16.2. The first-order valence-corrected chi connectivity index (χ1v) is 6.56. The summed E-state index contributed by atoms with van der Waals surface area (Å²) in [6.45, 7) is 1.97. The van der Waals surface area contributed by atoms with Gasteiger partial charge < -0.3 is 0 Å². The number of nitrogens with zero attached hydrogens (tertiary/aromatic N) is 1. The van der Waals surface area contributed by atoms with Crippen LogP contribution in [0.3, 0.4) is 0 Å². The third kappa shape index (κ3) is 1.57. The van der Waals surface area contributed by atoms with Gasteiger partial charge in [-0.25, -0.2) is 0 Å². The lowest BCUT2D eigenvalue weighted by atomic mass is 9.84. The summed E-state index contributed by atoms with van der Waals surface area (Å²) < 4.78 is 0. The minimum absolute atomic E-state index is 0.0237. The molecule has 2 aliphatic rings. The molecule has 2 fully saturated rings. The second-order valence-corrected chi connectivity index (χ2v) is 5.54. The predicted molar refractivity (Wildman–Crippen MR) is 69.2 cm³/mol. The highest BCUT2D eigenvalue weighted by molar-refractivity contribution is 6.22. The number of hydrogen-bond acceptors (Lipinski definition) is 2. The Morgan fingerprint density at radius 1 is 1.17 bits per heavy atom. The number of benzene rings is 1. The lowest BCUT2D eigenvalue weighted by Crippen LogP contribution is -2.34. The van der Waals surface area contributed by atoms with E-state index in [9.17, 15) is 9.59 Å². The Hall–Kier alpha value is -1.64. The molecule has 0 atom stereocenters. The largest absolute Gasteiger partial charge is 0.274 e. The minimum Gasteiger partial charge on any atom is -0.274 e. The summed E-state index contributed by atoms with van der Waals surface area (Å²) in [4.78, 5) is 26.1. The van der Waals surface area contributed by atoms with Crippen molar-refractivity contribution in [2.24, 2.45) is 5.41 Å². The molecule has 18 heavy (non-hydrogen) atoms. The van der Waals surface area contributed by atoms with E-state index in [0.29, 0.717) is 6.42 Å². The molecule has 1 saturated carbocycles. The first-order valence-electron chi connectivity index (χ1n) is 6.56. The maximum Gasteiger partial charge on any atom is 0.240 e. The van der Waals surface area contributed by atoms with E-state index in [0.717, 1.165) is 36.9 Å². The molecular weight excluding hydrogens is 226 g/mol. The molecule has 1 aromatic carbocycles. The van der Waals surface area contributed by atoms with Crippen molar-refractivity contribution < 1.29 is 9.59 Å². The highest BCUT2D eigenvalue weighted by Gasteiger charge is 2.52. The van der Waals surface area contributed by atoms with Crippen molar-refractivity contribution >= 4 is 17.5 Å². The standard InChI is InChI=1S/C15H17NO2/c1-11-5-4-6-12(9-11)16-13(17)10-15(14(16)18)7-2-3-8-15/h4-6,9H,2-3,7-8,10H2,1H3. The van der Waals surface area contributed by atoms with Gasteiger partial charge in [0.15, 0.2) is 0 Å². The van der Waals surface area contributed by atoms with Crippen LogP contribution < -0.4 is 4.90 Å². The third-order valence-electron chi connectivity index (χ3n) is 4.22. The zero-order valence-corrected chi connectivity index (χ0v) is 10.6. The van der Waals surface area contributed by atoms with Crippen LogP contribution in [0.4, 0.5) is 5.69 Å². The lowest BCUT2D eigenvalue weighted by Gasteiger charge is -2.21. The number of carbonyl (C=O) groups excluding carboxylic acids is 2. The normalized spacial score (nSPS) is 22.2. The molecule has 0 N–H and O–H groups in total. The highest BCUT2D eigenvalue weighted by Crippen LogP contribution is 2.47. The first-order chi connectivity index (χ1) is 8.62. The topological polar surface area (TPSA) is 37.4 Å². The van der Waals surface area contributed by atoms with E-state index in [4.69, 9.17) is 0 Å². The second kappa shape index (κ2) is 3.94. The Bertz CT molecular complexity index is 515. The number of imide groups is 1. The monoisotopic (exact) mass is 243 g/mol. The molecule has 3 rings (SSSR count). The van der Waals surface area contributed by atoms with Gasteiger partial charge in [0.25, 0.3) is 0 Å². The summed E-state index contributed by atoms with van der Waals surface area (Å²) in [5.41, 5.74) is 1.43. The van der Waals surface area contributed by atoms with Crippen LogP contribution in [-0.2, 0) is 9.59 Å². The predicted octanol–water partition coefficient (Wildman–Crippen LogP) is 2.82. The van der Waals surface area contributed by atoms with Gasteiger partial charge in [0, 0.05) is 6.42 Å². The molecule has 2 amide bonds. The SMILES string of the molecule is Cc1cccc(N2C(=O)CC3(CCCC3)C2=O)c1. The number of hydrogen-bond donors (Lipinski definition) is 0. The number of amides is 2. The van der Waals surface area contributed by atoms with Crippen molar-refractivity contribution in [1.29, 1.82) is 0 Å². The summed E-state index contributed by atoms with van der Waals surface area (Å²) in [7, 11) is 0. The molecule has 1 saturated heterocycles. The van der Waals surface area contributed by atoms with Crippen LogP contribution in [0.15, 0.2) is 24.3 Å². The fraction of sp³-hybridized carbons (Fsp3) is 0.467. The fourth-order valence-corrected chi connectivity index (χ4v) is 3.27. The van der Waals surface area contributed by atoms with E-state index in [1.807, 2.05) is 31.2 Å². The van der Waals surface area contributed by atoms with Crippen molar-refractivity contribution in [2.45, 2.75) is 39.0 Å². The quantitative estimate of drug-likeness (QED) is 0.711. The molecular formula is C15H17NO2. The van der Waals surface area contributed by atoms with Gasteiger partial charge in [-0.2, -0.15) is 0 Å². The molecule has 0 unspecified atom stereocenters. The van der Waals surface area contributed by atoms with Crippen LogP contribution >= 0.6 is 0 Å². The molecule has 1 spiro atoms. The molecule has 94 valence electrons. The van der Waals surface area contributed by atoms with E-state index < -0.39 is 0 Å². The van der Waals surface area contributed by atoms with E-state index in [1.54, 1.807) is 0 Å². The zero-order valence-electron chi connectivity index (χ0n) is 10.6. The summed E-state index contributed by atoms with van der Waals surface area (Å²) in [6, 6.07) is 7.62. The van der Waals surface area contributed by atoms with E-state index in [1.165, 1.54) is 4.90 Å². The average Bonchev–Trinajstić information content (AvgIpc) is 2.87. The maximum atomic E-state index is 12.6. The van der Waals surface area contributed by atoms with Gasteiger partial charge in [-0.3, -0.25) is 14.5 Å². The number of carbonyl (C=O) groups is 2. The Balaban J connectivity index is 1.98. The van der Waals surface area contributed by atoms with Gasteiger partial charge >= 0.3 is 0 Å². The van der Waals surface area contributed by atoms with Crippen molar-refractivity contribution in [2.75, 3.05) is 4.90 Å². The molecule has 1 heterocycles. The second-order valence-electron chi connectivity index (χ2n) is 5.54. The Morgan fingerprint density at radius 3 is 2.56 bits per heavy atom. The van der Waals surface area contributed by atoms with Gasteiger partial charge in [-0.15, -0.1) is 0 Å². The summed E-state index contributed by atoms with van der Waals surface area (Å²) in [6.07, 6.45) is 4.29. The Morgan fingerprint density at radius 2 is 1.89 bits per heavy atom. The van der Waals surface area contributed by atoms with Crippen LogP contribution in [0.1, 0.15) is 37.7 Å². The molecule has 1 aliphatic heterocycles. The van der Waals surface area contributed by atoms with Crippen molar-refractivity contribution in [3.63, 3.8) is 0 Å². The van der Waals surface area contributed by atoms with Crippen molar-refractivity contribution in [1.82, 2.24) is 0 Å². The van der Waals surface area contributed by atoms with Crippen molar-refractivity contribution in [3.05, 3.63) is 29.8 Å². The van der Waals surface area contributed by atoms with Crippen LogP contribution in [0.25, 0.3) is 0 Å². The fourth-order valence-electron chi connectivity index (χ4n) is 3.27. The Kier molecular flexibility index (Phi) is 2.51. The van der Waals surface area contributed by atoms with Gasteiger partial charge in [0.2, 0.25) is 11.8 Å². The number of rotatable bonds is 1. The molecule has 0 radical (unpaired) electrons.